The van der Waals surface area contributed by atoms with Gasteiger partial charge < -0.3 is 14.2 Å². The van der Waals surface area contributed by atoms with Gasteiger partial charge in [0.15, 0.2) is 11.5 Å². The molecule has 1 fully saturated rings. The predicted octanol–water partition coefficient (Wildman–Crippen LogP) is 4.66. The molecule has 1 aliphatic heterocycles. The lowest BCUT2D eigenvalue weighted by Gasteiger charge is -2.21. The van der Waals surface area contributed by atoms with E-state index in [0.717, 1.165) is 18.4 Å². The highest BCUT2D eigenvalue weighted by atomic mass is 16.5. The van der Waals surface area contributed by atoms with Crippen molar-refractivity contribution >= 4 is 17.3 Å². The molecule has 0 bridgehead atoms. The molecule has 4 rings (SSSR count). The van der Waals surface area contributed by atoms with Gasteiger partial charge in [-0.1, -0.05) is 18.7 Å². The number of nitrogens with zero attached hydrogens (tertiary/aromatic N) is 1. The lowest BCUT2D eigenvalue weighted by atomic mass is 10.1. The van der Waals surface area contributed by atoms with Crippen LogP contribution in [0.3, 0.4) is 0 Å². The molecular formula is C22H23NO4. The lowest BCUT2D eigenvalue weighted by molar-refractivity contribution is 0.100. The third-order valence-corrected chi connectivity index (χ3v) is 5.25. The third kappa shape index (κ3) is 2.93. The summed E-state index contributed by atoms with van der Waals surface area (Å²) in [5.41, 5.74) is 2.66. The van der Waals surface area contributed by atoms with Crippen LogP contribution < -0.4 is 19.1 Å². The summed E-state index contributed by atoms with van der Waals surface area (Å²) in [6.45, 7) is 4.13. The summed E-state index contributed by atoms with van der Waals surface area (Å²) in [5, 5.41) is 0. The summed E-state index contributed by atoms with van der Waals surface area (Å²) in [4.78, 5) is 14.7. The second-order valence-electron chi connectivity index (χ2n) is 6.83. The van der Waals surface area contributed by atoms with Gasteiger partial charge in [-0.25, -0.2) is 0 Å². The Morgan fingerprint density at radius 2 is 1.74 bits per heavy atom. The van der Waals surface area contributed by atoms with E-state index < -0.39 is 0 Å². The smallest absolute Gasteiger partial charge is 0.267 e. The first-order valence-electron chi connectivity index (χ1n) is 9.19. The number of hydrogen-bond donors (Lipinski definition) is 0. The van der Waals surface area contributed by atoms with Crippen molar-refractivity contribution in [3.05, 3.63) is 54.1 Å². The summed E-state index contributed by atoms with van der Waals surface area (Å²) in [6, 6.07) is 11.1. The van der Waals surface area contributed by atoms with Gasteiger partial charge in [0.25, 0.3) is 5.91 Å². The number of amides is 1. The first kappa shape index (κ1) is 17.5. The molecule has 2 aromatic carbocycles. The first-order valence-corrected chi connectivity index (χ1v) is 9.19. The summed E-state index contributed by atoms with van der Waals surface area (Å²) in [7, 11) is 3.19. The largest absolute Gasteiger partial charge is 0.496 e. The number of ether oxygens (including phenoxy) is 3. The van der Waals surface area contributed by atoms with E-state index in [-0.39, 0.29) is 12.0 Å². The molecule has 0 N–H and O–H groups in total. The maximum Gasteiger partial charge on any atom is 0.267 e. The molecule has 2 aliphatic rings. The summed E-state index contributed by atoms with van der Waals surface area (Å²) >= 11 is 0. The van der Waals surface area contributed by atoms with Crippen LogP contribution in [0, 0.1) is 0 Å². The zero-order chi connectivity index (χ0) is 19.0. The Balaban J connectivity index is 1.71. The minimum Gasteiger partial charge on any atom is -0.496 e. The highest BCUT2D eigenvalue weighted by Crippen LogP contribution is 2.42. The van der Waals surface area contributed by atoms with Gasteiger partial charge in [0, 0.05) is 11.6 Å². The Hall–Kier alpha value is -2.95. The van der Waals surface area contributed by atoms with Crippen molar-refractivity contribution in [3.8, 4) is 17.2 Å². The van der Waals surface area contributed by atoms with Crippen LogP contribution in [-0.4, -0.2) is 26.2 Å². The topological polar surface area (TPSA) is 48.0 Å². The molecule has 1 saturated carbocycles. The fraction of sp³-hybridized carbons (Fsp3) is 0.318. The van der Waals surface area contributed by atoms with Crippen molar-refractivity contribution in [1.29, 1.82) is 0 Å². The fourth-order valence-corrected chi connectivity index (χ4v) is 3.87. The maximum atomic E-state index is 13.1. The monoisotopic (exact) mass is 365 g/mol. The SMILES string of the molecule is C=C1c2cccc(OC)c2C(=O)N1c1ccc(OC)c(OC2CCCC2)c1. The molecule has 5 nitrogen and oxygen atoms in total. The van der Waals surface area contributed by atoms with Crippen LogP contribution in [0.4, 0.5) is 5.69 Å². The van der Waals surface area contributed by atoms with E-state index >= 15 is 0 Å². The van der Waals surface area contributed by atoms with Crippen LogP contribution in [-0.2, 0) is 0 Å². The zero-order valence-electron chi connectivity index (χ0n) is 15.7. The zero-order valence-corrected chi connectivity index (χ0v) is 15.7. The van der Waals surface area contributed by atoms with Crippen LogP contribution >= 0.6 is 0 Å². The number of carbonyl (C=O) groups excluding carboxylic acids is 1. The van der Waals surface area contributed by atoms with Gasteiger partial charge in [0.1, 0.15) is 5.75 Å². The van der Waals surface area contributed by atoms with Crippen molar-refractivity contribution in [2.24, 2.45) is 0 Å². The van der Waals surface area contributed by atoms with Gasteiger partial charge in [-0.05, 0) is 43.9 Å². The first-order chi connectivity index (χ1) is 13.1. The van der Waals surface area contributed by atoms with Crippen LogP contribution in [0.15, 0.2) is 43.0 Å². The number of fused-ring (bicyclic) bond motifs is 1. The molecule has 140 valence electrons. The molecule has 5 heteroatoms. The van der Waals surface area contributed by atoms with Crippen LogP contribution in [0.1, 0.15) is 41.6 Å². The number of rotatable bonds is 5. The van der Waals surface area contributed by atoms with Crippen LogP contribution in [0.2, 0.25) is 0 Å². The van der Waals surface area contributed by atoms with Gasteiger partial charge in [0.2, 0.25) is 0 Å². The molecular weight excluding hydrogens is 342 g/mol. The summed E-state index contributed by atoms with van der Waals surface area (Å²) in [6.07, 6.45) is 4.66. The molecule has 0 unspecified atom stereocenters. The molecule has 0 spiro atoms. The quantitative estimate of drug-likeness (QED) is 0.773. The molecule has 0 saturated heterocycles. The minimum atomic E-state index is -0.149. The molecule has 2 aromatic rings. The molecule has 0 radical (unpaired) electrons. The van der Waals surface area contributed by atoms with E-state index in [0.29, 0.717) is 34.2 Å². The minimum absolute atomic E-state index is 0.149. The molecule has 0 atom stereocenters. The lowest BCUT2D eigenvalue weighted by Crippen LogP contribution is -2.22. The predicted molar refractivity (Wildman–Crippen MR) is 105 cm³/mol. The average Bonchev–Trinajstić information content (AvgIpc) is 3.28. The average molecular weight is 365 g/mol. The Labute approximate surface area is 159 Å². The number of anilines is 1. The second kappa shape index (κ2) is 6.99. The van der Waals surface area contributed by atoms with Crippen LogP contribution in [0.25, 0.3) is 5.70 Å². The number of carbonyl (C=O) groups is 1. The standard InChI is InChI=1S/C22H23NO4/c1-14-17-9-6-10-19(26-3)21(17)22(24)23(14)15-11-12-18(25-2)20(13-15)27-16-7-4-5-8-16/h6,9-13,16H,1,4-5,7-8H2,2-3H3. The summed E-state index contributed by atoms with van der Waals surface area (Å²) in [5.74, 6) is 1.73. The maximum absolute atomic E-state index is 13.1. The third-order valence-electron chi connectivity index (χ3n) is 5.25. The van der Waals surface area contributed by atoms with E-state index in [1.807, 2.05) is 30.3 Å². The van der Waals surface area contributed by atoms with Gasteiger partial charge in [-0.15, -0.1) is 0 Å². The number of benzene rings is 2. The Bertz CT molecular complexity index is 899. The van der Waals surface area contributed by atoms with E-state index in [1.165, 1.54) is 12.8 Å². The molecule has 1 amide bonds. The Morgan fingerprint density at radius 1 is 1.00 bits per heavy atom. The number of hydrogen-bond acceptors (Lipinski definition) is 4. The van der Waals surface area contributed by atoms with Crippen molar-refractivity contribution in [1.82, 2.24) is 0 Å². The molecule has 27 heavy (non-hydrogen) atoms. The van der Waals surface area contributed by atoms with Gasteiger partial charge in [-0.3, -0.25) is 9.69 Å². The summed E-state index contributed by atoms with van der Waals surface area (Å²) < 4.78 is 17.0. The number of methoxy groups -OCH3 is 2. The van der Waals surface area contributed by atoms with Crippen molar-refractivity contribution in [2.75, 3.05) is 19.1 Å². The van der Waals surface area contributed by atoms with Gasteiger partial charge in [-0.2, -0.15) is 0 Å². The van der Waals surface area contributed by atoms with E-state index in [4.69, 9.17) is 14.2 Å². The van der Waals surface area contributed by atoms with E-state index in [2.05, 4.69) is 6.58 Å². The second-order valence-corrected chi connectivity index (χ2v) is 6.83. The molecule has 1 aliphatic carbocycles. The molecule has 1 heterocycles. The van der Waals surface area contributed by atoms with E-state index in [1.54, 1.807) is 25.2 Å². The van der Waals surface area contributed by atoms with Gasteiger partial charge >= 0.3 is 0 Å². The van der Waals surface area contributed by atoms with Crippen molar-refractivity contribution in [2.45, 2.75) is 31.8 Å². The normalized spacial score (nSPS) is 16.6. The van der Waals surface area contributed by atoms with E-state index in [9.17, 15) is 4.79 Å². The van der Waals surface area contributed by atoms with Gasteiger partial charge in [0.05, 0.1) is 37.3 Å². The highest BCUT2D eigenvalue weighted by molar-refractivity contribution is 6.23. The fourth-order valence-electron chi connectivity index (χ4n) is 3.87. The van der Waals surface area contributed by atoms with Crippen LogP contribution in [0.5, 0.6) is 17.2 Å². The highest BCUT2D eigenvalue weighted by Gasteiger charge is 2.35. The van der Waals surface area contributed by atoms with Crippen molar-refractivity contribution < 1.29 is 19.0 Å². The Kier molecular flexibility index (Phi) is 4.52. The molecule has 0 aromatic heterocycles. The van der Waals surface area contributed by atoms with Crippen molar-refractivity contribution in [3.63, 3.8) is 0 Å². The Morgan fingerprint density at radius 3 is 2.44 bits per heavy atom.